The van der Waals surface area contributed by atoms with Crippen LogP contribution in [0.25, 0.3) is 0 Å². The summed E-state index contributed by atoms with van der Waals surface area (Å²) in [5.74, 6) is 0.739. The Balaban J connectivity index is 1.94. The summed E-state index contributed by atoms with van der Waals surface area (Å²) in [5.41, 5.74) is -0.236. The van der Waals surface area contributed by atoms with E-state index >= 15 is 0 Å². The third kappa shape index (κ3) is 2.83. The number of ether oxygens (including phenoxy) is 2. The monoisotopic (exact) mass is 252 g/mol. The highest BCUT2D eigenvalue weighted by Crippen LogP contribution is 2.28. The van der Waals surface area contributed by atoms with Gasteiger partial charge in [0, 0.05) is 0 Å². The first-order valence-electron chi connectivity index (χ1n) is 6.10. The number of aliphatic hydroxyl groups is 2. The van der Waals surface area contributed by atoms with Crippen molar-refractivity contribution in [1.29, 1.82) is 0 Å². The molecule has 4 nitrogen and oxygen atoms in total. The van der Waals surface area contributed by atoms with Crippen LogP contribution in [0, 0.1) is 5.41 Å². The molecule has 1 aliphatic rings. The second-order valence-electron chi connectivity index (χ2n) is 5.52. The number of rotatable bonds is 5. The molecule has 4 heteroatoms. The molecule has 0 aromatic heterocycles. The zero-order chi connectivity index (χ0) is 13.2. The van der Waals surface area contributed by atoms with Crippen molar-refractivity contribution in [1.82, 2.24) is 0 Å². The van der Waals surface area contributed by atoms with Gasteiger partial charge < -0.3 is 19.7 Å². The third-order valence-corrected chi connectivity index (χ3v) is 3.26. The van der Waals surface area contributed by atoms with Gasteiger partial charge in [0.25, 0.3) is 0 Å². The SMILES string of the molecule is CC(C)(O)c1ccc(OCC2(CO)COC2)cc1. The van der Waals surface area contributed by atoms with E-state index in [-0.39, 0.29) is 12.0 Å². The van der Waals surface area contributed by atoms with Gasteiger partial charge in [0.1, 0.15) is 12.4 Å². The number of hydrogen-bond donors (Lipinski definition) is 2. The number of aliphatic hydroxyl groups excluding tert-OH is 1. The topological polar surface area (TPSA) is 58.9 Å². The van der Waals surface area contributed by atoms with E-state index in [9.17, 15) is 10.2 Å². The molecule has 1 aliphatic heterocycles. The molecular formula is C14H20O4. The van der Waals surface area contributed by atoms with E-state index in [1.807, 2.05) is 24.3 Å². The highest BCUT2D eigenvalue weighted by atomic mass is 16.5. The Morgan fingerprint density at radius 2 is 1.89 bits per heavy atom. The quantitative estimate of drug-likeness (QED) is 0.829. The Morgan fingerprint density at radius 3 is 2.28 bits per heavy atom. The van der Waals surface area contributed by atoms with Crippen molar-refractivity contribution in [3.63, 3.8) is 0 Å². The van der Waals surface area contributed by atoms with Crippen molar-refractivity contribution < 1.29 is 19.7 Å². The normalized spacial score (nSPS) is 18.2. The lowest BCUT2D eigenvalue weighted by Gasteiger charge is -2.39. The largest absolute Gasteiger partial charge is 0.493 e. The molecule has 0 atom stereocenters. The van der Waals surface area contributed by atoms with Gasteiger partial charge >= 0.3 is 0 Å². The molecule has 0 aliphatic carbocycles. The van der Waals surface area contributed by atoms with Crippen LogP contribution in [0.4, 0.5) is 0 Å². The van der Waals surface area contributed by atoms with Gasteiger partial charge in [0.15, 0.2) is 0 Å². The van der Waals surface area contributed by atoms with Gasteiger partial charge in [0.2, 0.25) is 0 Å². The highest BCUT2D eigenvalue weighted by Gasteiger charge is 2.39. The number of hydrogen-bond acceptors (Lipinski definition) is 4. The molecule has 0 spiro atoms. The van der Waals surface area contributed by atoms with Crippen molar-refractivity contribution >= 4 is 0 Å². The van der Waals surface area contributed by atoms with E-state index in [1.165, 1.54) is 0 Å². The summed E-state index contributed by atoms with van der Waals surface area (Å²) in [6.07, 6.45) is 0. The maximum atomic E-state index is 9.83. The number of benzene rings is 1. The molecule has 100 valence electrons. The minimum Gasteiger partial charge on any atom is -0.493 e. The molecule has 0 unspecified atom stereocenters. The molecule has 0 amide bonds. The molecule has 1 heterocycles. The molecule has 2 rings (SSSR count). The lowest BCUT2D eigenvalue weighted by atomic mass is 9.88. The fraction of sp³-hybridized carbons (Fsp3) is 0.571. The van der Waals surface area contributed by atoms with Crippen molar-refractivity contribution in [3.8, 4) is 5.75 Å². The third-order valence-electron chi connectivity index (χ3n) is 3.26. The minimum absolute atomic E-state index is 0.0781. The second kappa shape index (κ2) is 4.88. The zero-order valence-corrected chi connectivity index (χ0v) is 10.8. The molecule has 0 radical (unpaired) electrons. The van der Waals surface area contributed by atoms with Gasteiger partial charge in [0.05, 0.1) is 30.8 Å². The maximum Gasteiger partial charge on any atom is 0.119 e. The van der Waals surface area contributed by atoms with Crippen LogP contribution in [0.2, 0.25) is 0 Å². The van der Waals surface area contributed by atoms with Gasteiger partial charge in [-0.3, -0.25) is 0 Å². The zero-order valence-electron chi connectivity index (χ0n) is 10.8. The van der Waals surface area contributed by atoms with Crippen LogP contribution in [0.15, 0.2) is 24.3 Å². The van der Waals surface area contributed by atoms with Gasteiger partial charge in [-0.1, -0.05) is 12.1 Å². The molecule has 1 aromatic rings. The molecule has 2 N–H and O–H groups in total. The molecule has 0 bridgehead atoms. The summed E-state index contributed by atoms with van der Waals surface area (Å²) in [4.78, 5) is 0. The molecule has 1 fully saturated rings. The second-order valence-corrected chi connectivity index (χ2v) is 5.52. The van der Waals surface area contributed by atoms with E-state index < -0.39 is 5.60 Å². The van der Waals surface area contributed by atoms with E-state index in [2.05, 4.69) is 0 Å². The van der Waals surface area contributed by atoms with E-state index in [1.54, 1.807) is 13.8 Å². The summed E-state index contributed by atoms with van der Waals surface area (Å²) in [5, 5.41) is 19.1. The predicted octanol–water partition coefficient (Wildman–Crippen LogP) is 1.30. The minimum atomic E-state index is -0.841. The Kier molecular flexibility index (Phi) is 3.61. The van der Waals surface area contributed by atoms with Crippen LogP contribution in [-0.2, 0) is 10.3 Å². The van der Waals surface area contributed by atoms with Crippen molar-refractivity contribution in [2.45, 2.75) is 19.4 Å². The van der Waals surface area contributed by atoms with Gasteiger partial charge in [-0.05, 0) is 31.5 Å². The first kappa shape index (κ1) is 13.3. The first-order chi connectivity index (χ1) is 8.45. The predicted molar refractivity (Wildman–Crippen MR) is 67.5 cm³/mol. The van der Waals surface area contributed by atoms with Crippen LogP contribution < -0.4 is 4.74 Å². The summed E-state index contributed by atoms with van der Waals surface area (Å²) in [6.45, 7) is 5.11. The van der Waals surface area contributed by atoms with E-state index in [0.717, 1.165) is 11.3 Å². The van der Waals surface area contributed by atoms with Crippen LogP contribution in [-0.4, -0.2) is 36.6 Å². The molecular weight excluding hydrogens is 232 g/mol. The van der Waals surface area contributed by atoms with Gasteiger partial charge in [-0.2, -0.15) is 0 Å². The lowest BCUT2D eigenvalue weighted by molar-refractivity contribution is -0.153. The van der Waals surface area contributed by atoms with Crippen LogP contribution in [0.3, 0.4) is 0 Å². The Labute approximate surface area is 107 Å². The van der Waals surface area contributed by atoms with Gasteiger partial charge in [-0.25, -0.2) is 0 Å². The van der Waals surface area contributed by atoms with Crippen molar-refractivity contribution in [2.75, 3.05) is 26.4 Å². The van der Waals surface area contributed by atoms with E-state index in [4.69, 9.17) is 9.47 Å². The van der Waals surface area contributed by atoms with Crippen LogP contribution in [0.5, 0.6) is 5.75 Å². The fourth-order valence-electron chi connectivity index (χ4n) is 1.81. The average Bonchev–Trinajstić information content (AvgIpc) is 2.28. The lowest BCUT2D eigenvalue weighted by Crippen LogP contribution is -2.49. The average molecular weight is 252 g/mol. The Hall–Kier alpha value is -1.10. The summed E-state index contributed by atoms with van der Waals surface area (Å²) >= 11 is 0. The van der Waals surface area contributed by atoms with E-state index in [0.29, 0.717) is 19.8 Å². The maximum absolute atomic E-state index is 9.83. The van der Waals surface area contributed by atoms with Crippen LogP contribution in [0.1, 0.15) is 19.4 Å². The smallest absolute Gasteiger partial charge is 0.119 e. The van der Waals surface area contributed by atoms with Crippen molar-refractivity contribution in [3.05, 3.63) is 29.8 Å². The molecule has 18 heavy (non-hydrogen) atoms. The summed E-state index contributed by atoms with van der Waals surface area (Å²) in [7, 11) is 0. The van der Waals surface area contributed by atoms with Crippen LogP contribution >= 0.6 is 0 Å². The standard InChI is InChI=1S/C14H20O4/c1-13(2,16)11-3-5-12(6-4-11)18-10-14(7-15)8-17-9-14/h3-6,15-16H,7-10H2,1-2H3. The molecule has 1 aromatic carbocycles. The molecule has 1 saturated heterocycles. The first-order valence-corrected chi connectivity index (χ1v) is 6.10. The Bertz CT molecular complexity index is 382. The summed E-state index contributed by atoms with van der Waals surface area (Å²) < 4.78 is 10.8. The molecule has 0 saturated carbocycles. The fourth-order valence-corrected chi connectivity index (χ4v) is 1.81. The Morgan fingerprint density at radius 1 is 1.28 bits per heavy atom. The van der Waals surface area contributed by atoms with Gasteiger partial charge in [-0.15, -0.1) is 0 Å². The summed E-state index contributed by atoms with van der Waals surface area (Å²) in [6, 6.07) is 7.35. The van der Waals surface area contributed by atoms with Crippen molar-refractivity contribution in [2.24, 2.45) is 5.41 Å². The highest BCUT2D eigenvalue weighted by molar-refractivity contribution is 5.30.